The van der Waals surface area contributed by atoms with E-state index in [1.54, 1.807) is 11.8 Å². The molecule has 0 spiro atoms. The van der Waals surface area contributed by atoms with Gasteiger partial charge in [-0.15, -0.1) is 24.0 Å². The molecule has 8 heteroatoms. The van der Waals surface area contributed by atoms with Crippen LogP contribution in [0.25, 0.3) is 0 Å². The van der Waals surface area contributed by atoms with Crippen LogP contribution < -0.4 is 15.4 Å². The summed E-state index contributed by atoms with van der Waals surface area (Å²) in [6, 6.07) is 6.30. The number of nitrogens with zero attached hydrogens (tertiary/aromatic N) is 4. The number of hydrogen-bond acceptors (Lipinski definition) is 4. The molecule has 2 N–H and O–H groups in total. The monoisotopic (exact) mass is 458 g/mol. The van der Waals surface area contributed by atoms with E-state index in [0.717, 1.165) is 42.6 Å². The highest BCUT2D eigenvalue weighted by atomic mass is 127. The van der Waals surface area contributed by atoms with Gasteiger partial charge in [0.1, 0.15) is 24.4 Å². The molecular formula is C17H27IN6O. The Balaban J connectivity index is 0.00000312. The maximum absolute atomic E-state index is 5.37. The number of halogens is 1. The molecule has 138 valence electrons. The molecule has 1 aromatic heterocycles. The summed E-state index contributed by atoms with van der Waals surface area (Å²) in [5, 5.41) is 10.6. The Morgan fingerprint density at radius 3 is 2.76 bits per heavy atom. The van der Waals surface area contributed by atoms with Crippen molar-refractivity contribution in [3.8, 4) is 5.75 Å². The summed E-state index contributed by atoms with van der Waals surface area (Å²) in [6.07, 6.45) is 2.43. The van der Waals surface area contributed by atoms with Crippen LogP contribution in [0.1, 0.15) is 23.9 Å². The summed E-state index contributed by atoms with van der Waals surface area (Å²) in [6.45, 7) is 6.18. The number of nitrogens with one attached hydrogen (secondary N) is 2. The van der Waals surface area contributed by atoms with Gasteiger partial charge in [-0.2, -0.15) is 5.10 Å². The van der Waals surface area contributed by atoms with Crippen molar-refractivity contribution in [2.24, 2.45) is 12.0 Å². The van der Waals surface area contributed by atoms with E-state index in [0.29, 0.717) is 6.54 Å². The standard InChI is InChI=1S/C17H26N6O.HI/c1-5-18-17(20-11-16-21-12-22-23(16)3)19-9-8-14-7-6-13(2)15(10-14)24-4;/h6-7,10,12H,5,8-9,11H2,1-4H3,(H2,18,19,20);1H. The molecule has 0 radical (unpaired) electrons. The Morgan fingerprint density at radius 1 is 1.32 bits per heavy atom. The Morgan fingerprint density at radius 2 is 2.12 bits per heavy atom. The largest absolute Gasteiger partial charge is 0.496 e. The topological polar surface area (TPSA) is 76.4 Å². The first-order valence-electron chi connectivity index (χ1n) is 8.12. The van der Waals surface area contributed by atoms with E-state index in [-0.39, 0.29) is 24.0 Å². The summed E-state index contributed by atoms with van der Waals surface area (Å²) in [5.41, 5.74) is 2.38. The Labute approximate surface area is 166 Å². The van der Waals surface area contributed by atoms with Crippen molar-refractivity contribution in [2.45, 2.75) is 26.8 Å². The molecule has 0 bridgehead atoms. The predicted molar refractivity (Wildman–Crippen MR) is 111 cm³/mol. The van der Waals surface area contributed by atoms with Gasteiger partial charge in [-0.25, -0.2) is 9.98 Å². The number of aryl methyl sites for hydroxylation is 2. The zero-order valence-electron chi connectivity index (χ0n) is 15.2. The van der Waals surface area contributed by atoms with Gasteiger partial charge in [0.15, 0.2) is 5.96 Å². The number of rotatable bonds is 7. The quantitative estimate of drug-likeness (QED) is 0.378. The van der Waals surface area contributed by atoms with Gasteiger partial charge < -0.3 is 15.4 Å². The summed E-state index contributed by atoms with van der Waals surface area (Å²) in [7, 11) is 3.57. The van der Waals surface area contributed by atoms with Gasteiger partial charge in [0.05, 0.1) is 7.11 Å². The number of guanidine groups is 1. The van der Waals surface area contributed by atoms with E-state index in [9.17, 15) is 0 Å². The molecule has 0 aliphatic heterocycles. The molecule has 1 heterocycles. The van der Waals surface area contributed by atoms with Crippen LogP contribution in [0.3, 0.4) is 0 Å². The lowest BCUT2D eigenvalue weighted by Gasteiger charge is -2.12. The summed E-state index contributed by atoms with van der Waals surface area (Å²) in [5.74, 6) is 2.53. The third kappa shape index (κ3) is 6.52. The number of ether oxygens (including phenoxy) is 1. The molecule has 0 amide bonds. The van der Waals surface area contributed by atoms with E-state index in [1.807, 2.05) is 20.9 Å². The molecule has 2 rings (SSSR count). The van der Waals surface area contributed by atoms with Gasteiger partial charge in [0, 0.05) is 20.1 Å². The van der Waals surface area contributed by atoms with Crippen molar-refractivity contribution < 1.29 is 4.74 Å². The summed E-state index contributed by atoms with van der Waals surface area (Å²) < 4.78 is 7.10. The van der Waals surface area contributed by atoms with Crippen LogP contribution in [0.2, 0.25) is 0 Å². The maximum atomic E-state index is 5.37. The summed E-state index contributed by atoms with van der Waals surface area (Å²) >= 11 is 0. The first kappa shape index (κ1) is 21.2. The highest BCUT2D eigenvalue weighted by Gasteiger charge is 2.03. The third-order valence-corrected chi connectivity index (χ3v) is 3.71. The minimum atomic E-state index is 0. The Bertz CT molecular complexity index is 686. The molecule has 0 saturated heterocycles. The predicted octanol–water partition coefficient (Wildman–Crippen LogP) is 2.05. The fourth-order valence-corrected chi connectivity index (χ4v) is 2.30. The third-order valence-electron chi connectivity index (χ3n) is 3.71. The van der Waals surface area contributed by atoms with E-state index in [2.05, 4.69) is 43.9 Å². The smallest absolute Gasteiger partial charge is 0.191 e. The lowest BCUT2D eigenvalue weighted by Crippen LogP contribution is -2.38. The van der Waals surface area contributed by atoms with Gasteiger partial charge >= 0.3 is 0 Å². The molecule has 0 saturated carbocycles. The number of benzene rings is 1. The molecule has 0 aliphatic carbocycles. The summed E-state index contributed by atoms with van der Waals surface area (Å²) in [4.78, 5) is 8.72. The van der Waals surface area contributed by atoms with Crippen molar-refractivity contribution in [1.29, 1.82) is 0 Å². The lowest BCUT2D eigenvalue weighted by molar-refractivity contribution is 0.411. The van der Waals surface area contributed by atoms with Gasteiger partial charge in [0.25, 0.3) is 0 Å². The normalized spacial score (nSPS) is 11.0. The zero-order valence-corrected chi connectivity index (χ0v) is 17.6. The van der Waals surface area contributed by atoms with E-state index in [1.165, 1.54) is 11.9 Å². The fraction of sp³-hybridized carbons (Fsp3) is 0.471. The average Bonchev–Trinajstić information content (AvgIpc) is 2.99. The molecule has 7 nitrogen and oxygen atoms in total. The Hall–Kier alpha value is -1.84. The van der Waals surface area contributed by atoms with Crippen LogP contribution in [0.15, 0.2) is 29.5 Å². The minimum absolute atomic E-state index is 0. The van der Waals surface area contributed by atoms with Gasteiger partial charge in [0.2, 0.25) is 0 Å². The second-order valence-corrected chi connectivity index (χ2v) is 5.48. The average molecular weight is 458 g/mol. The number of hydrogen-bond donors (Lipinski definition) is 2. The lowest BCUT2D eigenvalue weighted by atomic mass is 10.1. The first-order chi connectivity index (χ1) is 11.6. The molecule has 0 atom stereocenters. The van der Waals surface area contributed by atoms with Crippen LogP contribution in [-0.2, 0) is 20.0 Å². The van der Waals surface area contributed by atoms with Crippen molar-refractivity contribution in [2.75, 3.05) is 20.2 Å². The molecule has 1 aromatic carbocycles. The second-order valence-electron chi connectivity index (χ2n) is 5.48. The van der Waals surface area contributed by atoms with Crippen LogP contribution in [0.4, 0.5) is 0 Å². The van der Waals surface area contributed by atoms with Crippen molar-refractivity contribution >= 4 is 29.9 Å². The van der Waals surface area contributed by atoms with Crippen LogP contribution >= 0.6 is 24.0 Å². The SMILES string of the molecule is CCNC(=NCc1ncnn1C)NCCc1ccc(C)c(OC)c1.I. The molecule has 2 aromatic rings. The van der Waals surface area contributed by atoms with Crippen molar-refractivity contribution in [3.05, 3.63) is 41.5 Å². The van der Waals surface area contributed by atoms with Crippen LogP contribution in [0.5, 0.6) is 5.75 Å². The van der Waals surface area contributed by atoms with Gasteiger partial charge in [-0.3, -0.25) is 4.68 Å². The van der Waals surface area contributed by atoms with Crippen molar-refractivity contribution in [3.63, 3.8) is 0 Å². The molecule has 0 unspecified atom stereocenters. The van der Waals surface area contributed by atoms with Gasteiger partial charge in [-0.05, 0) is 37.5 Å². The van der Waals surface area contributed by atoms with Crippen LogP contribution in [0, 0.1) is 6.92 Å². The Kier molecular flexibility index (Phi) is 9.25. The van der Waals surface area contributed by atoms with Crippen LogP contribution in [-0.4, -0.2) is 40.9 Å². The first-order valence-corrected chi connectivity index (χ1v) is 8.12. The zero-order chi connectivity index (χ0) is 17.4. The van der Waals surface area contributed by atoms with E-state index in [4.69, 9.17) is 4.74 Å². The molecule has 0 fully saturated rings. The number of aliphatic imine (C=N–C) groups is 1. The van der Waals surface area contributed by atoms with E-state index < -0.39 is 0 Å². The minimum Gasteiger partial charge on any atom is -0.496 e. The van der Waals surface area contributed by atoms with Crippen molar-refractivity contribution in [1.82, 2.24) is 25.4 Å². The highest BCUT2D eigenvalue weighted by molar-refractivity contribution is 14.0. The number of aromatic nitrogens is 3. The molecule has 25 heavy (non-hydrogen) atoms. The maximum Gasteiger partial charge on any atom is 0.191 e. The molecule has 0 aliphatic rings. The fourth-order valence-electron chi connectivity index (χ4n) is 2.30. The van der Waals surface area contributed by atoms with Gasteiger partial charge in [-0.1, -0.05) is 12.1 Å². The molecular weight excluding hydrogens is 431 g/mol. The highest BCUT2D eigenvalue weighted by Crippen LogP contribution is 2.18. The second kappa shape index (κ2) is 10.9. The number of methoxy groups -OCH3 is 1. The van der Waals surface area contributed by atoms with E-state index >= 15 is 0 Å².